The Bertz CT molecular complexity index is 840. The maximum Gasteiger partial charge on any atom is 0.257 e. The molecule has 0 aliphatic heterocycles. The van der Waals surface area contributed by atoms with Crippen LogP contribution in [0.25, 0.3) is 5.82 Å². The molecule has 6 nitrogen and oxygen atoms in total. The standard InChI is InChI=1S/C17H19N5OS/c1-4-15-14(9-19-22(15)16-7-5-6-8-18-16)17(23)21(3)10-13-11-24-12(2)20-13/h5-9,11H,4,10H2,1-3H3. The highest BCUT2D eigenvalue weighted by molar-refractivity contribution is 7.09. The van der Waals surface area contributed by atoms with Crippen molar-refractivity contribution >= 4 is 17.2 Å². The van der Waals surface area contributed by atoms with Crippen LogP contribution in [0.1, 0.15) is 33.7 Å². The average molecular weight is 341 g/mol. The van der Waals surface area contributed by atoms with Gasteiger partial charge in [0.1, 0.15) is 0 Å². The first-order valence-electron chi connectivity index (χ1n) is 7.75. The Morgan fingerprint density at radius 1 is 1.38 bits per heavy atom. The van der Waals surface area contributed by atoms with E-state index in [-0.39, 0.29) is 5.91 Å². The fraction of sp³-hybridized carbons (Fsp3) is 0.294. The van der Waals surface area contributed by atoms with Crippen molar-refractivity contribution in [3.63, 3.8) is 0 Å². The van der Waals surface area contributed by atoms with Gasteiger partial charge in [-0.25, -0.2) is 14.6 Å². The van der Waals surface area contributed by atoms with E-state index in [9.17, 15) is 4.79 Å². The summed E-state index contributed by atoms with van der Waals surface area (Å²) in [5, 5.41) is 7.35. The monoisotopic (exact) mass is 341 g/mol. The van der Waals surface area contributed by atoms with E-state index in [0.29, 0.717) is 24.3 Å². The Labute approximate surface area is 144 Å². The lowest BCUT2D eigenvalue weighted by molar-refractivity contribution is 0.0782. The van der Waals surface area contributed by atoms with Crippen LogP contribution in [-0.4, -0.2) is 37.6 Å². The minimum Gasteiger partial charge on any atom is -0.336 e. The van der Waals surface area contributed by atoms with E-state index in [1.165, 1.54) is 0 Å². The molecule has 0 aromatic carbocycles. The lowest BCUT2D eigenvalue weighted by atomic mass is 10.2. The Hall–Kier alpha value is -2.54. The van der Waals surface area contributed by atoms with Crippen molar-refractivity contribution in [2.45, 2.75) is 26.8 Å². The quantitative estimate of drug-likeness (QED) is 0.716. The molecule has 0 atom stereocenters. The molecule has 0 saturated carbocycles. The lowest BCUT2D eigenvalue weighted by Crippen LogP contribution is -2.27. The lowest BCUT2D eigenvalue weighted by Gasteiger charge is -2.16. The molecule has 1 amide bonds. The average Bonchev–Trinajstić information content (AvgIpc) is 3.20. The largest absolute Gasteiger partial charge is 0.336 e. The van der Waals surface area contributed by atoms with Crippen LogP contribution in [0.15, 0.2) is 36.0 Å². The number of aryl methyl sites for hydroxylation is 1. The van der Waals surface area contributed by atoms with Crippen LogP contribution < -0.4 is 0 Å². The van der Waals surface area contributed by atoms with Crippen LogP contribution in [0.3, 0.4) is 0 Å². The maximum atomic E-state index is 12.8. The highest BCUT2D eigenvalue weighted by atomic mass is 32.1. The number of hydrogen-bond donors (Lipinski definition) is 0. The maximum absolute atomic E-state index is 12.8. The third-order valence-corrected chi connectivity index (χ3v) is 4.54. The van der Waals surface area contributed by atoms with E-state index in [1.54, 1.807) is 40.4 Å². The van der Waals surface area contributed by atoms with Gasteiger partial charge in [0.25, 0.3) is 5.91 Å². The summed E-state index contributed by atoms with van der Waals surface area (Å²) in [6.07, 6.45) is 4.04. The first-order chi connectivity index (χ1) is 11.6. The molecule has 0 bridgehead atoms. The van der Waals surface area contributed by atoms with Crippen LogP contribution in [0.5, 0.6) is 0 Å². The minimum absolute atomic E-state index is 0.0558. The zero-order valence-electron chi connectivity index (χ0n) is 13.9. The molecule has 0 fully saturated rings. The van der Waals surface area contributed by atoms with Crippen LogP contribution in [0, 0.1) is 6.92 Å². The molecule has 0 unspecified atom stereocenters. The second kappa shape index (κ2) is 6.92. The number of thiazole rings is 1. The summed E-state index contributed by atoms with van der Waals surface area (Å²) in [4.78, 5) is 23.2. The van der Waals surface area contributed by atoms with Crippen molar-refractivity contribution in [3.8, 4) is 5.82 Å². The second-order valence-corrected chi connectivity index (χ2v) is 6.54. The Morgan fingerprint density at radius 2 is 2.21 bits per heavy atom. The molecule has 3 aromatic heterocycles. The number of nitrogens with zero attached hydrogens (tertiary/aromatic N) is 5. The summed E-state index contributed by atoms with van der Waals surface area (Å²) in [6, 6.07) is 5.64. The number of hydrogen-bond acceptors (Lipinski definition) is 5. The molecule has 0 radical (unpaired) electrons. The molecule has 24 heavy (non-hydrogen) atoms. The summed E-state index contributed by atoms with van der Waals surface area (Å²) >= 11 is 1.59. The Balaban J connectivity index is 1.86. The summed E-state index contributed by atoms with van der Waals surface area (Å²) < 4.78 is 1.73. The fourth-order valence-electron chi connectivity index (χ4n) is 2.57. The van der Waals surface area contributed by atoms with E-state index in [1.807, 2.05) is 37.4 Å². The molecule has 3 rings (SSSR count). The number of aromatic nitrogens is 4. The van der Waals surface area contributed by atoms with Gasteiger partial charge in [0.2, 0.25) is 0 Å². The van der Waals surface area contributed by atoms with Gasteiger partial charge < -0.3 is 4.90 Å². The van der Waals surface area contributed by atoms with Gasteiger partial charge in [-0.1, -0.05) is 13.0 Å². The normalized spacial score (nSPS) is 10.8. The molecular weight excluding hydrogens is 322 g/mol. The van der Waals surface area contributed by atoms with Gasteiger partial charge >= 0.3 is 0 Å². The number of rotatable bonds is 5. The first kappa shape index (κ1) is 16.3. The first-order valence-corrected chi connectivity index (χ1v) is 8.63. The Kier molecular flexibility index (Phi) is 4.71. The van der Waals surface area contributed by atoms with Crippen molar-refractivity contribution in [1.29, 1.82) is 0 Å². The predicted octanol–water partition coefficient (Wildman–Crippen LogP) is 2.87. The molecule has 124 valence electrons. The van der Waals surface area contributed by atoms with Crippen LogP contribution in [0.2, 0.25) is 0 Å². The zero-order chi connectivity index (χ0) is 17.1. The zero-order valence-corrected chi connectivity index (χ0v) is 14.7. The van der Waals surface area contributed by atoms with Gasteiger partial charge in [-0.05, 0) is 25.5 Å². The summed E-state index contributed by atoms with van der Waals surface area (Å²) in [6.45, 7) is 4.46. The molecule has 0 N–H and O–H groups in total. The predicted molar refractivity (Wildman–Crippen MR) is 93.4 cm³/mol. The van der Waals surface area contributed by atoms with Gasteiger partial charge in [-0.3, -0.25) is 4.79 Å². The van der Waals surface area contributed by atoms with Gasteiger partial charge in [0.05, 0.1) is 34.7 Å². The highest BCUT2D eigenvalue weighted by Gasteiger charge is 2.21. The van der Waals surface area contributed by atoms with Crippen molar-refractivity contribution in [1.82, 2.24) is 24.6 Å². The van der Waals surface area contributed by atoms with Gasteiger partial charge in [0.15, 0.2) is 5.82 Å². The van der Waals surface area contributed by atoms with Gasteiger partial charge in [0, 0.05) is 18.6 Å². The van der Waals surface area contributed by atoms with Gasteiger partial charge in [-0.2, -0.15) is 5.10 Å². The van der Waals surface area contributed by atoms with E-state index in [0.717, 1.165) is 16.4 Å². The molecule has 7 heteroatoms. The van der Waals surface area contributed by atoms with Crippen molar-refractivity contribution < 1.29 is 4.79 Å². The molecule has 0 aliphatic rings. The molecule has 3 aromatic rings. The van der Waals surface area contributed by atoms with Gasteiger partial charge in [-0.15, -0.1) is 11.3 Å². The van der Waals surface area contributed by atoms with Crippen molar-refractivity contribution in [2.75, 3.05) is 7.05 Å². The summed E-state index contributed by atoms with van der Waals surface area (Å²) in [5.41, 5.74) is 2.38. The third-order valence-electron chi connectivity index (χ3n) is 3.71. The molecule has 0 saturated heterocycles. The van der Waals surface area contributed by atoms with E-state index in [4.69, 9.17) is 0 Å². The molecule has 3 heterocycles. The number of pyridine rings is 1. The number of amides is 1. The van der Waals surface area contributed by atoms with Crippen LogP contribution in [0.4, 0.5) is 0 Å². The molecular formula is C17H19N5OS. The summed E-state index contributed by atoms with van der Waals surface area (Å²) in [7, 11) is 1.79. The van der Waals surface area contributed by atoms with Crippen LogP contribution in [-0.2, 0) is 13.0 Å². The fourth-order valence-corrected chi connectivity index (χ4v) is 3.17. The highest BCUT2D eigenvalue weighted by Crippen LogP contribution is 2.17. The van der Waals surface area contributed by atoms with Crippen molar-refractivity contribution in [2.24, 2.45) is 0 Å². The second-order valence-electron chi connectivity index (χ2n) is 5.48. The molecule has 0 spiro atoms. The summed E-state index contributed by atoms with van der Waals surface area (Å²) in [5.74, 6) is 0.658. The van der Waals surface area contributed by atoms with E-state index in [2.05, 4.69) is 15.1 Å². The third kappa shape index (κ3) is 3.21. The molecule has 0 aliphatic carbocycles. The SMILES string of the molecule is CCc1c(C(=O)N(C)Cc2csc(C)n2)cnn1-c1ccccn1. The van der Waals surface area contributed by atoms with E-state index < -0.39 is 0 Å². The van der Waals surface area contributed by atoms with Crippen molar-refractivity contribution in [3.05, 3.63) is 57.9 Å². The number of carbonyl (C=O) groups excluding carboxylic acids is 1. The smallest absolute Gasteiger partial charge is 0.257 e. The number of carbonyl (C=O) groups is 1. The minimum atomic E-state index is -0.0558. The van der Waals surface area contributed by atoms with Crippen LogP contribution >= 0.6 is 11.3 Å². The topological polar surface area (TPSA) is 63.9 Å². The Morgan fingerprint density at radius 3 is 2.83 bits per heavy atom. The van der Waals surface area contributed by atoms with E-state index >= 15 is 0 Å².